The third kappa shape index (κ3) is 6.20. The summed E-state index contributed by atoms with van der Waals surface area (Å²) in [5.74, 6) is 0.200. The molecule has 5 heteroatoms. The Bertz CT molecular complexity index is 459. The number of hydrogen-bond donors (Lipinski definition) is 1. The molecule has 0 radical (unpaired) electrons. The molecule has 1 N–H and O–H groups in total. The fourth-order valence-corrected chi connectivity index (χ4v) is 3.18. The molecule has 1 fully saturated rings. The molecule has 0 bridgehead atoms. The monoisotopic (exact) mass is 320 g/mol. The zero-order valence-electron chi connectivity index (χ0n) is 14.0. The van der Waals surface area contributed by atoms with Crippen molar-refractivity contribution in [2.75, 3.05) is 39.3 Å². The molecule has 1 saturated heterocycles. The minimum atomic E-state index is -0.729. The molecular formula is C18H28N2O3. The van der Waals surface area contributed by atoms with Crippen LogP contribution in [-0.2, 0) is 4.79 Å². The summed E-state index contributed by atoms with van der Waals surface area (Å²) in [6.45, 7) is 6.89. The number of ether oxygens (including phenoxy) is 1. The van der Waals surface area contributed by atoms with Crippen molar-refractivity contribution >= 4 is 5.97 Å². The quantitative estimate of drug-likeness (QED) is 0.708. The third-order valence-electron chi connectivity index (χ3n) is 4.45. The Hall–Kier alpha value is -1.59. The summed E-state index contributed by atoms with van der Waals surface area (Å²) in [5.41, 5.74) is 0. The van der Waals surface area contributed by atoms with E-state index in [4.69, 9.17) is 9.84 Å². The molecule has 0 amide bonds. The predicted octanol–water partition coefficient (Wildman–Crippen LogP) is 2.33. The third-order valence-corrected chi connectivity index (χ3v) is 4.45. The Morgan fingerprint density at radius 3 is 2.61 bits per heavy atom. The lowest BCUT2D eigenvalue weighted by molar-refractivity contribution is -0.139. The van der Waals surface area contributed by atoms with Crippen LogP contribution in [0.15, 0.2) is 30.3 Å². The van der Waals surface area contributed by atoms with Crippen molar-refractivity contribution in [2.24, 2.45) is 0 Å². The first-order valence-corrected chi connectivity index (χ1v) is 8.55. The zero-order valence-corrected chi connectivity index (χ0v) is 14.0. The fraction of sp³-hybridized carbons (Fsp3) is 0.611. The molecule has 1 heterocycles. The van der Waals surface area contributed by atoms with Crippen LogP contribution in [0.4, 0.5) is 0 Å². The van der Waals surface area contributed by atoms with Crippen LogP contribution in [0.3, 0.4) is 0 Å². The molecule has 1 aromatic rings. The Kier molecular flexibility index (Phi) is 7.36. The van der Waals surface area contributed by atoms with Gasteiger partial charge in [-0.2, -0.15) is 0 Å². The topological polar surface area (TPSA) is 53.0 Å². The molecule has 1 aliphatic rings. The minimum absolute atomic E-state index is 0.159. The average Bonchev–Trinajstić information content (AvgIpc) is 2.58. The Labute approximate surface area is 138 Å². The van der Waals surface area contributed by atoms with Gasteiger partial charge >= 0.3 is 5.97 Å². The number of carboxylic acid groups (broad SMARTS) is 1. The molecule has 0 aromatic heterocycles. The summed E-state index contributed by atoms with van der Waals surface area (Å²) >= 11 is 0. The smallest absolute Gasteiger partial charge is 0.317 e. The molecule has 0 unspecified atom stereocenters. The number of carbonyl (C=O) groups is 1. The maximum atomic E-state index is 10.9. The van der Waals surface area contributed by atoms with E-state index >= 15 is 0 Å². The van der Waals surface area contributed by atoms with Gasteiger partial charge in [-0.15, -0.1) is 0 Å². The second kappa shape index (κ2) is 9.53. The maximum absolute atomic E-state index is 10.9. The minimum Gasteiger partial charge on any atom is -0.494 e. The lowest BCUT2D eigenvalue weighted by Crippen LogP contribution is -2.46. The summed E-state index contributed by atoms with van der Waals surface area (Å²) < 4.78 is 5.72. The molecular weight excluding hydrogens is 292 g/mol. The number of para-hydroxylation sites is 1. The van der Waals surface area contributed by atoms with Crippen LogP contribution in [-0.4, -0.2) is 66.2 Å². The van der Waals surface area contributed by atoms with Crippen molar-refractivity contribution in [1.29, 1.82) is 0 Å². The van der Waals surface area contributed by atoms with E-state index in [1.165, 1.54) is 0 Å². The highest BCUT2D eigenvalue weighted by molar-refractivity contribution is 5.69. The van der Waals surface area contributed by atoms with Crippen LogP contribution in [0.25, 0.3) is 0 Å². The molecule has 23 heavy (non-hydrogen) atoms. The summed E-state index contributed by atoms with van der Waals surface area (Å²) in [5, 5.41) is 8.97. The fourth-order valence-electron chi connectivity index (χ4n) is 3.18. The maximum Gasteiger partial charge on any atom is 0.317 e. The van der Waals surface area contributed by atoms with Crippen LogP contribution in [0.2, 0.25) is 0 Å². The number of likely N-dealkylation sites (tertiary alicyclic amines) is 1. The van der Waals surface area contributed by atoms with Crippen LogP contribution < -0.4 is 4.74 Å². The van der Waals surface area contributed by atoms with Gasteiger partial charge in [-0.25, -0.2) is 0 Å². The van der Waals surface area contributed by atoms with Gasteiger partial charge in [0.1, 0.15) is 5.75 Å². The summed E-state index contributed by atoms with van der Waals surface area (Å²) in [6.07, 6.45) is 3.13. The SMILES string of the molecule is CCN(CC(=O)O)C1CCN(CCCOc2ccccc2)CC1. The number of benzene rings is 1. The van der Waals surface area contributed by atoms with Crippen molar-refractivity contribution < 1.29 is 14.6 Å². The number of likely N-dealkylation sites (N-methyl/N-ethyl adjacent to an activating group) is 1. The summed E-state index contributed by atoms with van der Waals surface area (Å²) in [7, 11) is 0. The van der Waals surface area contributed by atoms with E-state index in [1.807, 2.05) is 37.3 Å². The molecule has 0 atom stereocenters. The van der Waals surface area contributed by atoms with Crippen molar-refractivity contribution in [1.82, 2.24) is 9.80 Å². The molecule has 5 nitrogen and oxygen atoms in total. The van der Waals surface area contributed by atoms with Crippen molar-refractivity contribution in [2.45, 2.75) is 32.2 Å². The van der Waals surface area contributed by atoms with Gasteiger partial charge in [0.2, 0.25) is 0 Å². The highest BCUT2D eigenvalue weighted by atomic mass is 16.5. The van der Waals surface area contributed by atoms with Gasteiger partial charge < -0.3 is 14.7 Å². The van der Waals surface area contributed by atoms with Crippen LogP contribution in [0.1, 0.15) is 26.2 Å². The van der Waals surface area contributed by atoms with Gasteiger partial charge in [0.15, 0.2) is 0 Å². The Balaban J connectivity index is 1.62. The van der Waals surface area contributed by atoms with Crippen LogP contribution in [0.5, 0.6) is 5.75 Å². The van der Waals surface area contributed by atoms with Gasteiger partial charge in [-0.3, -0.25) is 9.69 Å². The number of aliphatic carboxylic acids is 1. The van der Waals surface area contributed by atoms with E-state index in [0.29, 0.717) is 6.04 Å². The Morgan fingerprint density at radius 2 is 2.00 bits per heavy atom. The van der Waals surface area contributed by atoms with E-state index in [9.17, 15) is 4.79 Å². The summed E-state index contributed by atoms with van der Waals surface area (Å²) in [4.78, 5) is 15.4. The highest BCUT2D eigenvalue weighted by Crippen LogP contribution is 2.16. The first kappa shape index (κ1) is 17.8. The number of piperidine rings is 1. The molecule has 2 rings (SSSR count). The number of hydrogen-bond acceptors (Lipinski definition) is 4. The van der Waals surface area contributed by atoms with Gasteiger partial charge in [0.05, 0.1) is 13.2 Å². The van der Waals surface area contributed by atoms with Gasteiger partial charge in [-0.05, 0) is 51.0 Å². The average molecular weight is 320 g/mol. The van der Waals surface area contributed by atoms with E-state index in [-0.39, 0.29) is 6.54 Å². The van der Waals surface area contributed by atoms with Gasteiger partial charge in [-0.1, -0.05) is 25.1 Å². The second-order valence-corrected chi connectivity index (χ2v) is 6.04. The first-order chi connectivity index (χ1) is 11.2. The van der Waals surface area contributed by atoms with Gasteiger partial charge in [0, 0.05) is 12.6 Å². The number of carboxylic acids is 1. The molecule has 0 saturated carbocycles. The van der Waals surface area contributed by atoms with E-state index < -0.39 is 5.97 Å². The molecule has 0 spiro atoms. The normalized spacial score (nSPS) is 16.6. The zero-order chi connectivity index (χ0) is 16.5. The lowest BCUT2D eigenvalue weighted by atomic mass is 10.0. The van der Waals surface area contributed by atoms with E-state index in [1.54, 1.807) is 0 Å². The summed E-state index contributed by atoms with van der Waals surface area (Å²) in [6, 6.07) is 10.3. The lowest BCUT2D eigenvalue weighted by Gasteiger charge is -2.37. The molecule has 1 aliphatic heterocycles. The number of nitrogens with zero attached hydrogens (tertiary/aromatic N) is 2. The Morgan fingerprint density at radius 1 is 1.30 bits per heavy atom. The van der Waals surface area contributed by atoms with Gasteiger partial charge in [0.25, 0.3) is 0 Å². The highest BCUT2D eigenvalue weighted by Gasteiger charge is 2.24. The largest absolute Gasteiger partial charge is 0.494 e. The van der Waals surface area contributed by atoms with Crippen molar-refractivity contribution in [3.8, 4) is 5.75 Å². The van der Waals surface area contributed by atoms with Crippen molar-refractivity contribution in [3.63, 3.8) is 0 Å². The molecule has 1 aromatic carbocycles. The van der Waals surface area contributed by atoms with Crippen LogP contribution in [0, 0.1) is 0 Å². The standard InChI is InChI=1S/C18H28N2O3/c1-2-20(15-18(21)22)16-9-12-19(13-10-16)11-6-14-23-17-7-4-3-5-8-17/h3-5,7-8,16H,2,6,9-15H2,1H3,(H,21,22). The molecule has 0 aliphatic carbocycles. The number of rotatable bonds is 9. The van der Waals surface area contributed by atoms with E-state index in [2.05, 4.69) is 9.80 Å². The predicted molar refractivity (Wildman–Crippen MR) is 90.9 cm³/mol. The second-order valence-electron chi connectivity index (χ2n) is 6.04. The van der Waals surface area contributed by atoms with Crippen LogP contribution >= 0.6 is 0 Å². The first-order valence-electron chi connectivity index (χ1n) is 8.55. The van der Waals surface area contributed by atoms with E-state index in [0.717, 1.165) is 57.8 Å². The van der Waals surface area contributed by atoms with Crippen molar-refractivity contribution in [3.05, 3.63) is 30.3 Å². The molecule has 128 valence electrons.